The quantitative estimate of drug-likeness (QED) is 0.415. The van der Waals surface area contributed by atoms with Gasteiger partial charge in [0, 0.05) is 20.2 Å². The highest BCUT2D eigenvalue weighted by Gasteiger charge is 2.20. The molecule has 154 valence electrons. The lowest BCUT2D eigenvalue weighted by Crippen LogP contribution is -2.32. The lowest BCUT2D eigenvalue weighted by molar-refractivity contribution is -0.384. The van der Waals surface area contributed by atoms with E-state index >= 15 is 0 Å². The molecule has 1 amide bonds. The number of rotatable bonds is 8. The van der Waals surface area contributed by atoms with Crippen molar-refractivity contribution in [1.82, 2.24) is 5.32 Å². The van der Waals surface area contributed by atoms with Crippen molar-refractivity contribution in [3.05, 3.63) is 69.3 Å². The van der Waals surface area contributed by atoms with Crippen molar-refractivity contribution in [3.63, 3.8) is 0 Å². The lowest BCUT2D eigenvalue weighted by atomic mass is 10.0. The van der Waals surface area contributed by atoms with Gasteiger partial charge in [0.15, 0.2) is 6.61 Å². The number of hydrogen-bond acceptors (Lipinski definition) is 6. The van der Waals surface area contributed by atoms with Crippen molar-refractivity contribution in [2.45, 2.75) is 26.3 Å². The predicted molar refractivity (Wildman–Crippen MR) is 110 cm³/mol. The van der Waals surface area contributed by atoms with Crippen LogP contribution in [0.3, 0.4) is 0 Å². The Morgan fingerprint density at radius 1 is 1.17 bits per heavy atom. The number of nitrogens with one attached hydrogen (secondary N) is 1. The molecule has 0 fully saturated rings. The Kier molecular flexibility index (Phi) is 7.30. The van der Waals surface area contributed by atoms with E-state index in [0.717, 1.165) is 17.2 Å². The number of amides is 1. The molecule has 0 aliphatic rings. The van der Waals surface area contributed by atoms with Crippen LogP contribution in [0.2, 0.25) is 0 Å². The number of benzene rings is 2. The molecule has 29 heavy (non-hydrogen) atoms. The van der Waals surface area contributed by atoms with Crippen LogP contribution in [0, 0.1) is 17.0 Å². The van der Waals surface area contributed by atoms with E-state index in [1.807, 2.05) is 38.1 Å². The van der Waals surface area contributed by atoms with Gasteiger partial charge in [0.05, 0.1) is 16.5 Å². The number of carbonyl (C=O) groups is 2. The van der Waals surface area contributed by atoms with E-state index in [1.54, 1.807) is 19.0 Å². The number of ether oxygens (including phenoxy) is 1. The van der Waals surface area contributed by atoms with Crippen LogP contribution >= 0.6 is 0 Å². The molecule has 0 saturated carbocycles. The third kappa shape index (κ3) is 5.78. The zero-order valence-corrected chi connectivity index (χ0v) is 17.0. The van der Waals surface area contributed by atoms with Gasteiger partial charge in [-0.2, -0.15) is 0 Å². The molecule has 1 atom stereocenters. The monoisotopic (exact) mass is 399 g/mol. The minimum atomic E-state index is -0.794. The first-order valence-electron chi connectivity index (χ1n) is 9.21. The van der Waals surface area contributed by atoms with E-state index in [2.05, 4.69) is 5.32 Å². The smallest absolute Gasteiger partial charge is 0.338 e. The second-order valence-corrected chi connectivity index (χ2v) is 6.87. The molecule has 8 heteroatoms. The van der Waals surface area contributed by atoms with Gasteiger partial charge in [-0.3, -0.25) is 14.9 Å². The number of aryl methyl sites for hydroxylation is 1. The van der Waals surface area contributed by atoms with E-state index in [0.29, 0.717) is 12.1 Å². The van der Waals surface area contributed by atoms with Gasteiger partial charge in [0.1, 0.15) is 5.69 Å². The summed E-state index contributed by atoms with van der Waals surface area (Å²) in [6, 6.07) is 11.7. The molecular formula is C21H25N3O5. The number of nitro benzene ring substituents is 1. The molecule has 0 unspecified atom stereocenters. The second kappa shape index (κ2) is 9.68. The fourth-order valence-corrected chi connectivity index (χ4v) is 2.85. The Balaban J connectivity index is 2.00. The van der Waals surface area contributed by atoms with Crippen LogP contribution < -0.4 is 10.2 Å². The average Bonchev–Trinajstić information content (AvgIpc) is 2.70. The molecule has 0 aliphatic carbocycles. The first-order valence-corrected chi connectivity index (χ1v) is 9.21. The van der Waals surface area contributed by atoms with Crippen LogP contribution in [-0.2, 0) is 9.53 Å². The van der Waals surface area contributed by atoms with Crippen LogP contribution in [0.1, 0.15) is 40.9 Å². The normalized spacial score (nSPS) is 11.4. The van der Waals surface area contributed by atoms with E-state index < -0.39 is 23.4 Å². The summed E-state index contributed by atoms with van der Waals surface area (Å²) in [6.07, 6.45) is 0.681. The maximum absolute atomic E-state index is 12.2. The third-order valence-electron chi connectivity index (χ3n) is 4.45. The molecule has 0 bridgehead atoms. The van der Waals surface area contributed by atoms with Crippen LogP contribution in [0.25, 0.3) is 0 Å². The molecule has 0 aromatic heterocycles. The third-order valence-corrected chi connectivity index (χ3v) is 4.45. The van der Waals surface area contributed by atoms with Crippen molar-refractivity contribution in [1.29, 1.82) is 0 Å². The average molecular weight is 399 g/mol. The molecule has 0 radical (unpaired) electrons. The Morgan fingerprint density at radius 3 is 2.38 bits per heavy atom. The van der Waals surface area contributed by atoms with Crippen molar-refractivity contribution >= 4 is 23.3 Å². The van der Waals surface area contributed by atoms with Crippen molar-refractivity contribution < 1.29 is 19.2 Å². The van der Waals surface area contributed by atoms with Crippen molar-refractivity contribution in [2.24, 2.45) is 0 Å². The predicted octanol–water partition coefficient (Wildman–Crippen LogP) is 3.39. The number of hydrogen-bond donors (Lipinski definition) is 1. The van der Waals surface area contributed by atoms with Gasteiger partial charge < -0.3 is 15.0 Å². The number of nitrogens with zero attached hydrogens (tertiary/aromatic N) is 2. The molecule has 2 aromatic rings. The maximum Gasteiger partial charge on any atom is 0.338 e. The van der Waals surface area contributed by atoms with E-state index in [-0.39, 0.29) is 17.3 Å². The first-order chi connectivity index (χ1) is 13.7. The van der Waals surface area contributed by atoms with Gasteiger partial charge in [-0.15, -0.1) is 0 Å². The summed E-state index contributed by atoms with van der Waals surface area (Å²) in [5.41, 5.74) is 2.26. The Bertz CT molecular complexity index is 894. The number of anilines is 1. The van der Waals surface area contributed by atoms with E-state index in [9.17, 15) is 19.7 Å². The van der Waals surface area contributed by atoms with Crippen LogP contribution in [0.4, 0.5) is 11.4 Å². The maximum atomic E-state index is 12.2. The highest BCUT2D eigenvalue weighted by molar-refractivity contribution is 5.93. The zero-order valence-electron chi connectivity index (χ0n) is 17.0. The molecule has 2 aromatic carbocycles. The molecule has 8 nitrogen and oxygen atoms in total. The summed E-state index contributed by atoms with van der Waals surface area (Å²) in [7, 11) is 3.34. The fourth-order valence-electron chi connectivity index (χ4n) is 2.85. The van der Waals surface area contributed by atoms with Crippen molar-refractivity contribution in [3.8, 4) is 0 Å². The highest BCUT2D eigenvalue weighted by Crippen LogP contribution is 2.28. The van der Waals surface area contributed by atoms with E-state index in [4.69, 9.17) is 4.74 Å². The fraction of sp³-hybridized carbons (Fsp3) is 0.333. The number of nitro groups is 1. The van der Waals surface area contributed by atoms with Gasteiger partial charge in [-0.1, -0.05) is 36.8 Å². The van der Waals surface area contributed by atoms with Crippen LogP contribution in [0.15, 0.2) is 42.5 Å². The summed E-state index contributed by atoms with van der Waals surface area (Å²) in [4.78, 5) is 36.7. The van der Waals surface area contributed by atoms with Crippen LogP contribution in [0.5, 0.6) is 0 Å². The minimum Gasteiger partial charge on any atom is -0.452 e. The minimum absolute atomic E-state index is 0.0145. The summed E-state index contributed by atoms with van der Waals surface area (Å²) >= 11 is 0. The Hall–Kier alpha value is -3.42. The summed E-state index contributed by atoms with van der Waals surface area (Å²) in [5.74, 6) is -1.23. The molecule has 0 heterocycles. The molecule has 1 N–H and O–H groups in total. The highest BCUT2D eigenvalue weighted by atomic mass is 16.6. The molecule has 0 saturated heterocycles. The SMILES string of the molecule is CC[C@H](NC(=O)COC(=O)c1ccc(N(C)C)c([N+](=O)[O-])c1)c1ccc(C)cc1. The number of esters is 1. The summed E-state index contributed by atoms with van der Waals surface area (Å²) in [6.45, 7) is 3.46. The summed E-state index contributed by atoms with van der Waals surface area (Å²) in [5, 5.41) is 14.1. The van der Waals surface area contributed by atoms with Gasteiger partial charge in [0.2, 0.25) is 0 Å². The standard InChI is InChI=1S/C21H25N3O5/c1-5-17(15-8-6-14(2)7-9-15)22-20(25)13-29-21(26)16-10-11-18(23(3)4)19(12-16)24(27)28/h6-12,17H,5,13H2,1-4H3,(H,22,25)/t17-/m0/s1. The first kappa shape index (κ1) is 21.9. The molecule has 0 spiro atoms. The largest absolute Gasteiger partial charge is 0.452 e. The molecular weight excluding hydrogens is 374 g/mol. The Labute approximate surface area is 169 Å². The molecule has 0 aliphatic heterocycles. The van der Waals surface area contributed by atoms with Gasteiger partial charge >= 0.3 is 5.97 Å². The molecule has 2 rings (SSSR count). The van der Waals surface area contributed by atoms with Gasteiger partial charge in [0.25, 0.3) is 11.6 Å². The van der Waals surface area contributed by atoms with Gasteiger partial charge in [-0.05, 0) is 31.0 Å². The van der Waals surface area contributed by atoms with E-state index in [1.165, 1.54) is 12.1 Å². The topological polar surface area (TPSA) is 102 Å². The Morgan fingerprint density at radius 2 is 1.83 bits per heavy atom. The van der Waals surface area contributed by atoms with Gasteiger partial charge in [-0.25, -0.2) is 4.79 Å². The lowest BCUT2D eigenvalue weighted by Gasteiger charge is -2.18. The van der Waals surface area contributed by atoms with Crippen molar-refractivity contribution in [2.75, 3.05) is 25.6 Å². The second-order valence-electron chi connectivity index (χ2n) is 6.87. The van der Waals surface area contributed by atoms with Crippen LogP contribution in [-0.4, -0.2) is 37.5 Å². The zero-order chi connectivity index (χ0) is 21.6. The summed E-state index contributed by atoms with van der Waals surface area (Å²) < 4.78 is 5.04. The number of carbonyl (C=O) groups excluding carboxylic acids is 2.